The Balaban J connectivity index is 1.29. The van der Waals surface area contributed by atoms with E-state index in [1.807, 2.05) is 24.3 Å². The van der Waals surface area contributed by atoms with Gasteiger partial charge in [0.15, 0.2) is 0 Å². The summed E-state index contributed by atoms with van der Waals surface area (Å²) in [6, 6.07) is 31.9. The van der Waals surface area contributed by atoms with Crippen molar-refractivity contribution in [3.63, 3.8) is 0 Å². The SMILES string of the molecule is CC(CNC(=O)c1cccc(-c2nc3cc(-c4ccccc4)ccc3n2C[C@@]2(C)CCC[C@]3(C)c4ccc(C(C)C)cc4CC[C@@H]23)c1)C(=O)O. The third kappa shape index (κ3) is 6.14. The molecule has 4 atom stereocenters. The van der Waals surface area contributed by atoms with Crippen LogP contribution in [0.5, 0.6) is 0 Å². The van der Waals surface area contributed by atoms with Gasteiger partial charge in [-0.2, -0.15) is 0 Å². The summed E-state index contributed by atoms with van der Waals surface area (Å²) in [5, 5.41) is 12.1. The highest BCUT2D eigenvalue weighted by Gasteiger charge is 2.52. The Kier molecular flexibility index (Phi) is 8.92. The Labute approximate surface area is 296 Å². The second-order valence-corrected chi connectivity index (χ2v) is 15.7. The minimum atomic E-state index is -0.934. The summed E-state index contributed by atoms with van der Waals surface area (Å²) < 4.78 is 2.41. The fourth-order valence-corrected chi connectivity index (χ4v) is 9.11. The zero-order chi connectivity index (χ0) is 35.2. The molecule has 1 amide bonds. The van der Waals surface area contributed by atoms with E-state index in [1.54, 1.807) is 18.6 Å². The van der Waals surface area contributed by atoms with Gasteiger partial charge in [-0.1, -0.05) is 108 Å². The number of nitrogens with zero attached hydrogens (tertiary/aromatic N) is 2. The highest BCUT2D eigenvalue weighted by Crippen LogP contribution is 2.58. The Morgan fingerprint density at radius 1 is 0.900 bits per heavy atom. The van der Waals surface area contributed by atoms with E-state index < -0.39 is 11.9 Å². The molecule has 50 heavy (non-hydrogen) atoms. The molecule has 4 aromatic carbocycles. The minimum Gasteiger partial charge on any atom is -0.481 e. The lowest BCUT2D eigenvalue weighted by molar-refractivity contribution is -0.140. The molecule has 1 unspecified atom stereocenters. The lowest BCUT2D eigenvalue weighted by atomic mass is 9.49. The predicted molar refractivity (Wildman–Crippen MR) is 201 cm³/mol. The number of aliphatic carboxylic acids is 1. The minimum absolute atomic E-state index is 0.0316. The number of hydrogen-bond acceptors (Lipinski definition) is 3. The Morgan fingerprint density at radius 2 is 1.68 bits per heavy atom. The first-order chi connectivity index (χ1) is 24.0. The van der Waals surface area contributed by atoms with E-state index >= 15 is 0 Å². The van der Waals surface area contributed by atoms with Gasteiger partial charge in [-0.15, -0.1) is 0 Å². The molecule has 258 valence electrons. The molecule has 6 heteroatoms. The van der Waals surface area contributed by atoms with Crippen molar-refractivity contribution in [1.29, 1.82) is 0 Å². The van der Waals surface area contributed by atoms with E-state index in [9.17, 15) is 14.7 Å². The smallest absolute Gasteiger partial charge is 0.308 e. The monoisotopic (exact) mass is 667 g/mol. The lowest BCUT2D eigenvalue weighted by Crippen LogP contribution is -2.50. The number of aryl methyl sites for hydroxylation is 1. The number of carboxylic acid groups (broad SMARTS) is 1. The van der Waals surface area contributed by atoms with Crippen LogP contribution >= 0.6 is 0 Å². The van der Waals surface area contributed by atoms with Gasteiger partial charge in [-0.25, -0.2) is 4.98 Å². The van der Waals surface area contributed by atoms with Crippen molar-refractivity contribution >= 4 is 22.9 Å². The van der Waals surface area contributed by atoms with Crippen LogP contribution in [0, 0.1) is 17.3 Å². The molecule has 0 saturated heterocycles. The fourth-order valence-electron chi connectivity index (χ4n) is 9.11. The van der Waals surface area contributed by atoms with Crippen molar-refractivity contribution < 1.29 is 14.7 Å². The van der Waals surface area contributed by atoms with Crippen LogP contribution in [0.15, 0.2) is 91.0 Å². The number of aromatic nitrogens is 2. The summed E-state index contributed by atoms with van der Waals surface area (Å²) >= 11 is 0. The van der Waals surface area contributed by atoms with Gasteiger partial charge >= 0.3 is 5.97 Å². The highest BCUT2D eigenvalue weighted by molar-refractivity contribution is 5.96. The average Bonchev–Trinajstić information content (AvgIpc) is 3.47. The second kappa shape index (κ2) is 13.2. The summed E-state index contributed by atoms with van der Waals surface area (Å²) in [5.41, 5.74) is 10.3. The molecule has 2 N–H and O–H groups in total. The van der Waals surface area contributed by atoms with Crippen LogP contribution in [0.3, 0.4) is 0 Å². The van der Waals surface area contributed by atoms with Crippen LogP contribution in [0.4, 0.5) is 0 Å². The first-order valence-electron chi connectivity index (χ1n) is 18.3. The molecule has 0 aliphatic heterocycles. The highest BCUT2D eigenvalue weighted by atomic mass is 16.4. The average molecular weight is 668 g/mol. The zero-order valence-electron chi connectivity index (χ0n) is 30.0. The standard InChI is InChI=1S/C44H49N3O3/c1-28(2)31-15-18-36-33(23-31)17-20-39-43(4,21-10-22-44(36,39)5)27-47-38-19-16-32(30-11-7-6-8-12-30)25-37(38)46-40(47)34-13-9-14-35(24-34)41(48)45-26-29(3)42(49)50/h6-9,11-16,18-19,23-25,28-29,39H,10,17,20-22,26-27H2,1-5H3,(H,45,48)(H,49,50)/t29?,39-,43+,44+/m0/s1. The molecular formula is C44H49N3O3. The van der Waals surface area contributed by atoms with Gasteiger partial charge in [0.2, 0.25) is 0 Å². The molecule has 1 saturated carbocycles. The maximum absolute atomic E-state index is 13.2. The molecule has 5 aromatic rings. The van der Waals surface area contributed by atoms with Crippen molar-refractivity contribution in [2.75, 3.05) is 6.54 Å². The molecule has 1 aromatic heterocycles. The molecule has 6 nitrogen and oxygen atoms in total. The lowest BCUT2D eigenvalue weighted by Gasteiger charge is -2.56. The van der Waals surface area contributed by atoms with E-state index in [4.69, 9.17) is 4.98 Å². The number of nitrogens with one attached hydrogen (secondary N) is 1. The van der Waals surface area contributed by atoms with Crippen LogP contribution in [-0.4, -0.2) is 33.1 Å². The third-order valence-corrected chi connectivity index (χ3v) is 11.9. The Hall–Kier alpha value is -4.71. The number of benzene rings is 4. The fraction of sp³-hybridized carbons (Fsp3) is 0.386. The molecule has 0 radical (unpaired) electrons. The van der Waals surface area contributed by atoms with Crippen LogP contribution < -0.4 is 5.32 Å². The molecule has 0 bridgehead atoms. The predicted octanol–water partition coefficient (Wildman–Crippen LogP) is 9.65. The van der Waals surface area contributed by atoms with Crippen LogP contribution in [0.1, 0.15) is 93.3 Å². The van der Waals surface area contributed by atoms with Gasteiger partial charge in [-0.3, -0.25) is 9.59 Å². The van der Waals surface area contributed by atoms with E-state index in [1.165, 1.54) is 30.4 Å². The topological polar surface area (TPSA) is 84.2 Å². The van der Waals surface area contributed by atoms with Crippen LogP contribution in [-0.2, 0) is 23.2 Å². The number of hydrogen-bond donors (Lipinski definition) is 2. The van der Waals surface area contributed by atoms with Gasteiger partial charge < -0.3 is 15.0 Å². The van der Waals surface area contributed by atoms with Gasteiger partial charge in [-0.05, 0) is 100 Å². The van der Waals surface area contributed by atoms with E-state index in [0.29, 0.717) is 17.4 Å². The van der Waals surface area contributed by atoms with E-state index in [0.717, 1.165) is 52.9 Å². The van der Waals surface area contributed by atoms with Crippen LogP contribution in [0.25, 0.3) is 33.5 Å². The number of carboxylic acids is 1. The van der Waals surface area contributed by atoms with Crippen molar-refractivity contribution in [2.45, 2.75) is 84.6 Å². The van der Waals surface area contributed by atoms with Crippen molar-refractivity contribution in [1.82, 2.24) is 14.9 Å². The number of carbonyl (C=O) groups is 2. The Bertz CT molecular complexity index is 2060. The molecule has 0 spiro atoms. The van der Waals surface area contributed by atoms with E-state index in [2.05, 4.69) is 98.2 Å². The maximum atomic E-state index is 13.2. The molecule has 1 fully saturated rings. The quantitative estimate of drug-likeness (QED) is 0.164. The van der Waals surface area contributed by atoms with Gasteiger partial charge in [0, 0.05) is 24.2 Å². The van der Waals surface area contributed by atoms with Crippen molar-refractivity contribution in [3.05, 3.63) is 113 Å². The molecule has 1 heterocycles. The molecule has 2 aliphatic rings. The summed E-state index contributed by atoms with van der Waals surface area (Å²) in [7, 11) is 0. The zero-order valence-corrected chi connectivity index (χ0v) is 30.0. The van der Waals surface area contributed by atoms with Gasteiger partial charge in [0.05, 0.1) is 17.0 Å². The van der Waals surface area contributed by atoms with Crippen LogP contribution in [0.2, 0.25) is 0 Å². The van der Waals surface area contributed by atoms with E-state index in [-0.39, 0.29) is 23.3 Å². The summed E-state index contributed by atoms with van der Waals surface area (Å²) in [6.07, 6.45) is 5.82. The largest absolute Gasteiger partial charge is 0.481 e. The number of carbonyl (C=O) groups excluding carboxylic acids is 1. The number of rotatable bonds is 9. The van der Waals surface area contributed by atoms with Gasteiger partial charge in [0.25, 0.3) is 5.91 Å². The number of fused-ring (bicyclic) bond motifs is 4. The number of imidazole rings is 1. The number of amides is 1. The van der Waals surface area contributed by atoms with Gasteiger partial charge in [0.1, 0.15) is 5.82 Å². The first-order valence-corrected chi connectivity index (χ1v) is 18.3. The second-order valence-electron chi connectivity index (χ2n) is 15.7. The van der Waals surface area contributed by atoms with Crippen molar-refractivity contribution in [3.8, 4) is 22.5 Å². The normalized spacial score (nSPS) is 22.2. The molecular weight excluding hydrogens is 619 g/mol. The van der Waals surface area contributed by atoms with Crippen molar-refractivity contribution in [2.24, 2.45) is 17.3 Å². The summed E-state index contributed by atoms with van der Waals surface area (Å²) in [5.74, 6) is 0.00220. The molecule has 7 rings (SSSR count). The molecule has 2 aliphatic carbocycles. The summed E-state index contributed by atoms with van der Waals surface area (Å²) in [4.78, 5) is 29.9. The maximum Gasteiger partial charge on any atom is 0.308 e. The Morgan fingerprint density at radius 3 is 2.44 bits per heavy atom. The first kappa shape index (κ1) is 33.8. The summed E-state index contributed by atoms with van der Waals surface area (Å²) in [6.45, 7) is 12.1. The third-order valence-electron chi connectivity index (χ3n) is 11.9.